The number of ether oxygens (including phenoxy) is 1. The highest BCUT2D eigenvalue weighted by Crippen LogP contribution is 2.36. The van der Waals surface area contributed by atoms with Gasteiger partial charge in [0.2, 0.25) is 5.91 Å². The zero-order valence-corrected chi connectivity index (χ0v) is 13.6. The highest BCUT2D eigenvalue weighted by molar-refractivity contribution is 7.17. The monoisotopic (exact) mass is 310 g/mol. The van der Waals surface area contributed by atoms with E-state index in [1.165, 1.54) is 18.4 Å². The molecule has 0 aliphatic carbocycles. The van der Waals surface area contributed by atoms with Crippen molar-refractivity contribution in [1.29, 1.82) is 0 Å². The van der Waals surface area contributed by atoms with Crippen molar-refractivity contribution >= 4 is 28.2 Å². The van der Waals surface area contributed by atoms with Gasteiger partial charge in [0.1, 0.15) is 5.00 Å². The lowest BCUT2D eigenvalue weighted by Crippen LogP contribution is -2.24. The smallest absolute Gasteiger partial charge is 0.341 e. The van der Waals surface area contributed by atoms with Gasteiger partial charge in [0.25, 0.3) is 0 Å². The first-order chi connectivity index (χ1) is 10.1. The van der Waals surface area contributed by atoms with Gasteiger partial charge in [0, 0.05) is 17.3 Å². The van der Waals surface area contributed by atoms with Crippen molar-refractivity contribution in [2.45, 2.75) is 39.7 Å². The number of anilines is 1. The first-order valence-corrected chi connectivity index (χ1v) is 8.14. The number of methoxy groups -OCH3 is 1. The van der Waals surface area contributed by atoms with Crippen LogP contribution in [0.3, 0.4) is 0 Å². The summed E-state index contributed by atoms with van der Waals surface area (Å²) >= 11 is 1.47. The molecule has 1 aromatic heterocycles. The summed E-state index contributed by atoms with van der Waals surface area (Å²) in [5.74, 6) is -0.459. The van der Waals surface area contributed by atoms with Crippen molar-refractivity contribution < 1.29 is 14.3 Å². The van der Waals surface area contributed by atoms with E-state index in [-0.39, 0.29) is 17.8 Å². The van der Waals surface area contributed by atoms with Gasteiger partial charge >= 0.3 is 5.97 Å². The fourth-order valence-corrected chi connectivity index (χ4v) is 3.75. The zero-order chi connectivity index (χ0) is 15.4. The van der Waals surface area contributed by atoms with Crippen LogP contribution in [0.5, 0.6) is 0 Å². The minimum atomic E-state index is -0.368. The van der Waals surface area contributed by atoms with Gasteiger partial charge in [-0.25, -0.2) is 4.79 Å². The van der Waals surface area contributed by atoms with E-state index in [4.69, 9.17) is 4.74 Å². The number of rotatable bonds is 5. The summed E-state index contributed by atoms with van der Waals surface area (Å²) in [6.07, 6.45) is 2.59. The van der Waals surface area contributed by atoms with E-state index in [1.54, 1.807) is 0 Å². The molecule has 1 aromatic rings. The molecule has 0 aromatic carbocycles. The van der Waals surface area contributed by atoms with Gasteiger partial charge in [-0.1, -0.05) is 20.3 Å². The predicted molar refractivity (Wildman–Crippen MR) is 83.8 cm³/mol. The standard InChI is InChI=1S/C15H22N2O3S/c1-4-5-9(2)13(18)17-14-12(15(19)20-3)10-6-7-16-8-11(10)21-14/h9,16H,4-8H2,1-3H3,(H,17,18). The summed E-state index contributed by atoms with van der Waals surface area (Å²) in [4.78, 5) is 25.4. The molecular formula is C15H22N2O3S. The second-order valence-corrected chi connectivity index (χ2v) is 6.41. The Morgan fingerprint density at radius 2 is 2.24 bits per heavy atom. The molecule has 5 nitrogen and oxygen atoms in total. The molecule has 0 saturated carbocycles. The van der Waals surface area contributed by atoms with E-state index >= 15 is 0 Å². The topological polar surface area (TPSA) is 67.4 Å². The van der Waals surface area contributed by atoms with Crippen molar-refractivity contribution in [2.75, 3.05) is 19.0 Å². The lowest BCUT2D eigenvalue weighted by atomic mass is 10.0. The number of hydrogen-bond donors (Lipinski definition) is 2. The molecule has 1 aliphatic heterocycles. The van der Waals surface area contributed by atoms with Crippen LogP contribution in [-0.4, -0.2) is 25.5 Å². The Morgan fingerprint density at radius 1 is 1.48 bits per heavy atom. The van der Waals surface area contributed by atoms with Gasteiger partial charge in [-0.05, 0) is 24.9 Å². The quantitative estimate of drug-likeness (QED) is 0.820. The Labute approximate surface area is 129 Å². The van der Waals surface area contributed by atoms with Gasteiger partial charge in [-0.2, -0.15) is 0 Å². The van der Waals surface area contributed by atoms with E-state index < -0.39 is 0 Å². The predicted octanol–water partition coefficient (Wildman–Crippen LogP) is 2.56. The number of nitrogens with one attached hydrogen (secondary N) is 2. The normalized spacial score (nSPS) is 15.2. The number of esters is 1. The Hall–Kier alpha value is -1.40. The molecule has 116 valence electrons. The molecule has 2 heterocycles. The molecule has 21 heavy (non-hydrogen) atoms. The second kappa shape index (κ2) is 7.04. The lowest BCUT2D eigenvalue weighted by Gasteiger charge is -2.13. The third-order valence-electron chi connectivity index (χ3n) is 3.72. The lowest BCUT2D eigenvalue weighted by molar-refractivity contribution is -0.119. The van der Waals surface area contributed by atoms with Crippen LogP contribution in [0.1, 0.15) is 47.5 Å². The van der Waals surface area contributed by atoms with E-state index in [9.17, 15) is 9.59 Å². The zero-order valence-electron chi connectivity index (χ0n) is 12.7. The summed E-state index contributed by atoms with van der Waals surface area (Å²) < 4.78 is 4.89. The summed E-state index contributed by atoms with van der Waals surface area (Å²) in [5, 5.41) is 6.83. The highest BCUT2D eigenvalue weighted by atomic mass is 32.1. The molecule has 0 spiro atoms. The summed E-state index contributed by atoms with van der Waals surface area (Å²) in [6, 6.07) is 0. The van der Waals surface area contributed by atoms with Crippen LogP contribution in [0.4, 0.5) is 5.00 Å². The molecule has 0 radical (unpaired) electrons. The first-order valence-electron chi connectivity index (χ1n) is 7.32. The number of fused-ring (bicyclic) bond motifs is 1. The third kappa shape index (κ3) is 3.44. The Balaban J connectivity index is 2.28. The van der Waals surface area contributed by atoms with Crippen LogP contribution in [-0.2, 0) is 22.5 Å². The fraction of sp³-hybridized carbons (Fsp3) is 0.600. The van der Waals surface area contributed by atoms with Gasteiger partial charge in [0.05, 0.1) is 12.7 Å². The van der Waals surface area contributed by atoms with Crippen LogP contribution < -0.4 is 10.6 Å². The number of carbonyl (C=O) groups excluding carboxylic acids is 2. The number of thiophene rings is 1. The number of carbonyl (C=O) groups is 2. The van der Waals surface area contributed by atoms with Crippen LogP contribution >= 0.6 is 11.3 Å². The van der Waals surface area contributed by atoms with Crippen LogP contribution in [0.2, 0.25) is 0 Å². The molecule has 0 saturated heterocycles. The van der Waals surface area contributed by atoms with Crippen molar-refractivity contribution in [3.63, 3.8) is 0 Å². The van der Waals surface area contributed by atoms with E-state index in [0.29, 0.717) is 10.6 Å². The maximum absolute atomic E-state index is 12.2. The minimum absolute atomic E-state index is 0.0337. The fourth-order valence-electron chi connectivity index (χ4n) is 2.54. The third-order valence-corrected chi connectivity index (χ3v) is 4.87. The molecule has 0 bridgehead atoms. The van der Waals surface area contributed by atoms with E-state index in [1.807, 2.05) is 6.92 Å². The van der Waals surface area contributed by atoms with Crippen LogP contribution in [0, 0.1) is 5.92 Å². The largest absolute Gasteiger partial charge is 0.465 e. The van der Waals surface area contributed by atoms with Crippen molar-refractivity contribution in [1.82, 2.24) is 5.32 Å². The highest BCUT2D eigenvalue weighted by Gasteiger charge is 2.27. The van der Waals surface area contributed by atoms with Gasteiger partial charge in [0.15, 0.2) is 0 Å². The Bertz CT molecular complexity index is 539. The van der Waals surface area contributed by atoms with Gasteiger partial charge in [-0.15, -0.1) is 11.3 Å². The summed E-state index contributed by atoms with van der Waals surface area (Å²) in [6.45, 7) is 5.54. The maximum atomic E-state index is 12.2. The molecular weight excluding hydrogens is 288 g/mol. The summed E-state index contributed by atoms with van der Waals surface area (Å²) in [5.41, 5.74) is 1.56. The molecule has 1 atom stereocenters. The van der Waals surface area contributed by atoms with E-state index in [0.717, 1.165) is 42.8 Å². The maximum Gasteiger partial charge on any atom is 0.341 e. The molecule has 1 amide bonds. The average Bonchev–Trinajstić information content (AvgIpc) is 2.84. The van der Waals surface area contributed by atoms with Crippen molar-refractivity contribution in [2.24, 2.45) is 5.92 Å². The van der Waals surface area contributed by atoms with E-state index in [2.05, 4.69) is 17.6 Å². The van der Waals surface area contributed by atoms with Gasteiger partial charge in [-0.3, -0.25) is 4.79 Å². The van der Waals surface area contributed by atoms with Crippen LogP contribution in [0.25, 0.3) is 0 Å². The minimum Gasteiger partial charge on any atom is -0.465 e. The molecule has 1 unspecified atom stereocenters. The second-order valence-electron chi connectivity index (χ2n) is 5.31. The SMILES string of the molecule is CCCC(C)C(=O)Nc1sc2c(c1C(=O)OC)CCNC2. The van der Waals surface area contributed by atoms with Gasteiger partial charge < -0.3 is 15.4 Å². The average molecular weight is 310 g/mol. The molecule has 0 fully saturated rings. The van der Waals surface area contributed by atoms with Crippen LogP contribution in [0.15, 0.2) is 0 Å². The molecule has 2 N–H and O–H groups in total. The van der Waals surface area contributed by atoms with Crippen molar-refractivity contribution in [3.8, 4) is 0 Å². The number of hydrogen-bond acceptors (Lipinski definition) is 5. The first kappa shape index (κ1) is 16.0. The summed E-state index contributed by atoms with van der Waals surface area (Å²) in [7, 11) is 1.37. The van der Waals surface area contributed by atoms with Crippen molar-refractivity contribution in [3.05, 3.63) is 16.0 Å². The Kier molecular flexibility index (Phi) is 5.36. The molecule has 2 rings (SSSR count). The molecule has 1 aliphatic rings. The Morgan fingerprint density at radius 3 is 2.90 bits per heavy atom. The molecule has 6 heteroatoms. The number of amides is 1.